The van der Waals surface area contributed by atoms with Crippen LogP contribution in [0.15, 0.2) is 41.0 Å². The smallest absolute Gasteiger partial charge is 0.0731 e. The first kappa shape index (κ1) is 14.8. The standard InChI is InChI=1S/C13H12BrCl2N3/c14-10-2-1-5-18-13(10)12(19-17)7-8-6-9(15)3-4-11(8)16/h1-6,12,19H,7,17H2. The van der Waals surface area contributed by atoms with E-state index in [0.29, 0.717) is 16.5 Å². The van der Waals surface area contributed by atoms with Gasteiger partial charge in [-0.1, -0.05) is 23.2 Å². The Morgan fingerprint density at radius 3 is 2.79 bits per heavy atom. The van der Waals surface area contributed by atoms with Crippen molar-refractivity contribution in [2.24, 2.45) is 5.84 Å². The minimum absolute atomic E-state index is 0.147. The Morgan fingerprint density at radius 1 is 1.32 bits per heavy atom. The lowest BCUT2D eigenvalue weighted by Crippen LogP contribution is -2.30. The Labute approximate surface area is 130 Å². The van der Waals surface area contributed by atoms with Gasteiger partial charge in [0.2, 0.25) is 0 Å². The summed E-state index contributed by atoms with van der Waals surface area (Å²) in [6.07, 6.45) is 2.33. The average Bonchev–Trinajstić information content (AvgIpc) is 2.41. The highest BCUT2D eigenvalue weighted by Crippen LogP contribution is 2.28. The van der Waals surface area contributed by atoms with Crippen LogP contribution in [0.25, 0.3) is 0 Å². The molecule has 2 aromatic rings. The number of nitrogens with two attached hydrogens (primary N) is 1. The van der Waals surface area contributed by atoms with E-state index in [1.807, 2.05) is 18.2 Å². The van der Waals surface area contributed by atoms with Gasteiger partial charge >= 0.3 is 0 Å². The zero-order chi connectivity index (χ0) is 13.8. The van der Waals surface area contributed by atoms with Crippen molar-refractivity contribution in [3.63, 3.8) is 0 Å². The third kappa shape index (κ3) is 3.68. The van der Waals surface area contributed by atoms with Crippen molar-refractivity contribution < 1.29 is 0 Å². The van der Waals surface area contributed by atoms with Gasteiger partial charge in [-0.15, -0.1) is 0 Å². The third-order valence-corrected chi connectivity index (χ3v) is 4.02. The van der Waals surface area contributed by atoms with Crippen LogP contribution < -0.4 is 11.3 Å². The van der Waals surface area contributed by atoms with E-state index in [4.69, 9.17) is 29.0 Å². The molecule has 0 spiro atoms. The van der Waals surface area contributed by atoms with Gasteiger partial charge in [0.05, 0.1) is 11.7 Å². The van der Waals surface area contributed by atoms with Crippen LogP contribution in [-0.2, 0) is 6.42 Å². The van der Waals surface area contributed by atoms with Gasteiger partial charge in [-0.2, -0.15) is 0 Å². The lowest BCUT2D eigenvalue weighted by Gasteiger charge is -2.17. The first-order valence-corrected chi connectivity index (χ1v) is 7.17. The number of benzene rings is 1. The summed E-state index contributed by atoms with van der Waals surface area (Å²) < 4.78 is 0.899. The fourth-order valence-electron chi connectivity index (χ4n) is 1.81. The van der Waals surface area contributed by atoms with Gasteiger partial charge in [-0.05, 0) is 58.2 Å². The first-order chi connectivity index (χ1) is 9.11. The Kier molecular flexibility index (Phi) is 5.19. The summed E-state index contributed by atoms with van der Waals surface area (Å²) >= 11 is 15.6. The van der Waals surface area contributed by atoms with Gasteiger partial charge in [0.25, 0.3) is 0 Å². The lowest BCUT2D eigenvalue weighted by atomic mass is 10.0. The van der Waals surface area contributed by atoms with E-state index in [1.54, 1.807) is 18.3 Å². The fraction of sp³-hybridized carbons (Fsp3) is 0.154. The van der Waals surface area contributed by atoms with Crippen molar-refractivity contribution in [2.45, 2.75) is 12.5 Å². The molecule has 0 saturated heterocycles. The summed E-state index contributed by atoms with van der Waals surface area (Å²) in [7, 11) is 0. The molecular weight excluding hydrogens is 349 g/mol. The monoisotopic (exact) mass is 359 g/mol. The average molecular weight is 361 g/mol. The quantitative estimate of drug-likeness (QED) is 0.642. The van der Waals surface area contributed by atoms with Crippen LogP contribution in [0.3, 0.4) is 0 Å². The number of hydrogen-bond acceptors (Lipinski definition) is 3. The van der Waals surface area contributed by atoms with Crippen LogP contribution in [-0.4, -0.2) is 4.98 Å². The summed E-state index contributed by atoms with van der Waals surface area (Å²) in [4.78, 5) is 4.33. The maximum atomic E-state index is 6.17. The molecule has 0 aliphatic rings. The van der Waals surface area contributed by atoms with E-state index in [9.17, 15) is 0 Å². The molecule has 0 saturated carbocycles. The van der Waals surface area contributed by atoms with Gasteiger partial charge in [-0.3, -0.25) is 16.3 Å². The molecule has 19 heavy (non-hydrogen) atoms. The largest absolute Gasteiger partial charge is 0.271 e. The molecule has 0 fully saturated rings. The molecule has 1 aromatic carbocycles. The summed E-state index contributed by atoms with van der Waals surface area (Å²) in [5.74, 6) is 5.62. The maximum absolute atomic E-state index is 6.17. The SMILES string of the molecule is NNC(Cc1cc(Cl)ccc1Cl)c1ncccc1Br. The first-order valence-electron chi connectivity index (χ1n) is 5.62. The number of hydrogen-bond donors (Lipinski definition) is 2. The van der Waals surface area contributed by atoms with Gasteiger partial charge in [0, 0.05) is 20.7 Å². The molecular formula is C13H12BrCl2N3. The summed E-state index contributed by atoms with van der Waals surface area (Å²) in [6, 6.07) is 9.01. The number of rotatable bonds is 4. The molecule has 2 rings (SSSR count). The molecule has 0 aliphatic carbocycles. The summed E-state index contributed by atoms with van der Waals surface area (Å²) in [5, 5.41) is 1.31. The highest BCUT2D eigenvalue weighted by Gasteiger charge is 2.16. The Bertz CT molecular complexity index is 578. The second-order valence-corrected chi connectivity index (χ2v) is 5.73. The minimum Gasteiger partial charge on any atom is -0.271 e. The number of halogens is 3. The molecule has 1 atom stereocenters. The Balaban J connectivity index is 2.29. The fourth-order valence-corrected chi connectivity index (χ4v) is 2.73. The van der Waals surface area contributed by atoms with E-state index in [-0.39, 0.29) is 6.04 Å². The van der Waals surface area contributed by atoms with Crippen molar-refractivity contribution in [1.82, 2.24) is 10.4 Å². The highest BCUT2D eigenvalue weighted by atomic mass is 79.9. The molecule has 1 aromatic heterocycles. The molecule has 0 amide bonds. The third-order valence-electron chi connectivity index (χ3n) is 2.75. The van der Waals surface area contributed by atoms with Crippen LogP contribution in [0.4, 0.5) is 0 Å². The minimum atomic E-state index is -0.147. The van der Waals surface area contributed by atoms with Crippen molar-refractivity contribution in [3.05, 3.63) is 62.3 Å². The van der Waals surface area contributed by atoms with E-state index >= 15 is 0 Å². The van der Waals surface area contributed by atoms with Gasteiger partial charge in [0.1, 0.15) is 0 Å². The van der Waals surface area contributed by atoms with Crippen LogP contribution in [0.5, 0.6) is 0 Å². The number of hydrazine groups is 1. The molecule has 1 unspecified atom stereocenters. The van der Waals surface area contributed by atoms with Gasteiger partial charge in [0.15, 0.2) is 0 Å². The number of pyridine rings is 1. The Hall–Kier alpha value is -0.650. The van der Waals surface area contributed by atoms with Crippen molar-refractivity contribution in [1.29, 1.82) is 0 Å². The molecule has 6 heteroatoms. The molecule has 1 heterocycles. The molecule has 0 aliphatic heterocycles. The Morgan fingerprint density at radius 2 is 2.11 bits per heavy atom. The second-order valence-electron chi connectivity index (χ2n) is 4.03. The number of aromatic nitrogens is 1. The van der Waals surface area contributed by atoms with Gasteiger partial charge in [-0.25, -0.2) is 0 Å². The zero-order valence-electron chi connectivity index (χ0n) is 9.91. The molecule has 100 valence electrons. The van der Waals surface area contributed by atoms with E-state index in [2.05, 4.69) is 26.3 Å². The van der Waals surface area contributed by atoms with E-state index in [1.165, 1.54) is 0 Å². The normalized spacial score (nSPS) is 12.4. The van der Waals surface area contributed by atoms with Gasteiger partial charge < -0.3 is 0 Å². The van der Waals surface area contributed by atoms with Crippen molar-refractivity contribution in [3.8, 4) is 0 Å². The molecule has 0 bridgehead atoms. The van der Waals surface area contributed by atoms with Crippen LogP contribution >= 0.6 is 39.1 Å². The van der Waals surface area contributed by atoms with Crippen molar-refractivity contribution in [2.75, 3.05) is 0 Å². The van der Waals surface area contributed by atoms with Crippen LogP contribution in [0.1, 0.15) is 17.3 Å². The molecule has 3 nitrogen and oxygen atoms in total. The maximum Gasteiger partial charge on any atom is 0.0731 e. The molecule has 3 N–H and O–H groups in total. The predicted molar refractivity (Wildman–Crippen MR) is 82.2 cm³/mol. The topological polar surface area (TPSA) is 50.9 Å². The number of nitrogens with zero attached hydrogens (tertiary/aromatic N) is 1. The van der Waals surface area contributed by atoms with Crippen LogP contribution in [0, 0.1) is 0 Å². The number of nitrogens with one attached hydrogen (secondary N) is 1. The lowest BCUT2D eigenvalue weighted by molar-refractivity contribution is 0.536. The highest BCUT2D eigenvalue weighted by molar-refractivity contribution is 9.10. The zero-order valence-corrected chi connectivity index (χ0v) is 13.0. The second kappa shape index (κ2) is 6.68. The predicted octanol–water partition coefficient (Wildman–Crippen LogP) is 3.90. The summed E-state index contributed by atoms with van der Waals surface area (Å²) in [6.45, 7) is 0. The van der Waals surface area contributed by atoms with Crippen LogP contribution in [0.2, 0.25) is 10.0 Å². The van der Waals surface area contributed by atoms with Crippen molar-refractivity contribution >= 4 is 39.1 Å². The summed E-state index contributed by atoms with van der Waals surface area (Å²) in [5.41, 5.74) is 4.52. The van der Waals surface area contributed by atoms with E-state index in [0.717, 1.165) is 15.7 Å². The van der Waals surface area contributed by atoms with E-state index < -0.39 is 0 Å². The molecule has 0 radical (unpaired) electrons.